The number of carbonyl (C=O) groups excluding carboxylic acids is 2. The number of aromatic nitrogens is 2. The number of hydrogen-bond donors (Lipinski definition) is 2. The lowest BCUT2D eigenvalue weighted by atomic mass is 10.0. The highest BCUT2D eigenvalue weighted by molar-refractivity contribution is 6.33. The van der Waals surface area contributed by atoms with Crippen LogP contribution in [0, 0.1) is 5.92 Å². The molecule has 2 aliphatic rings. The third kappa shape index (κ3) is 4.95. The van der Waals surface area contributed by atoms with Crippen molar-refractivity contribution in [3.05, 3.63) is 46.7 Å². The highest BCUT2D eigenvalue weighted by Gasteiger charge is 2.38. The molecule has 1 atom stereocenters. The minimum absolute atomic E-state index is 0.0169. The highest BCUT2D eigenvalue weighted by Crippen LogP contribution is 2.35. The highest BCUT2D eigenvalue weighted by atomic mass is 35.5. The van der Waals surface area contributed by atoms with Gasteiger partial charge in [-0.3, -0.25) is 9.59 Å². The number of halogens is 4. The van der Waals surface area contributed by atoms with Crippen LogP contribution < -0.4 is 15.5 Å². The van der Waals surface area contributed by atoms with E-state index in [1.807, 2.05) is 6.92 Å². The molecule has 1 aliphatic heterocycles. The van der Waals surface area contributed by atoms with E-state index in [1.54, 1.807) is 11.0 Å². The Morgan fingerprint density at radius 2 is 2.00 bits per heavy atom. The van der Waals surface area contributed by atoms with E-state index >= 15 is 0 Å². The van der Waals surface area contributed by atoms with Crippen molar-refractivity contribution in [2.24, 2.45) is 5.92 Å². The van der Waals surface area contributed by atoms with Gasteiger partial charge < -0.3 is 15.5 Å². The summed E-state index contributed by atoms with van der Waals surface area (Å²) in [6, 6.07) is 3.92. The summed E-state index contributed by atoms with van der Waals surface area (Å²) in [6.45, 7) is 2.64. The topological polar surface area (TPSA) is 87.2 Å². The maximum Gasteiger partial charge on any atom is 0.417 e. The Morgan fingerprint density at radius 1 is 1.25 bits per heavy atom. The van der Waals surface area contributed by atoms with Gasteiger partial charge >= 0.3 is 6.18 Å². The van der Waals surface area contributed by atoms with Crippen LogP contribution in [0.15, 0.2) is 30.6 Å². The zero-order valence-corrected chi connectivity index (χ0v) is 17.9. The van der Waals surface area contributed by atoms with E-state index in [0.29, 0.717) is 30.9 Å². The number of amides is 2. The molecule has 2 amide bonds. The molecule has 0 spiro atoms. The van der Waals surface area contributed by atoms with Gasteiger partial charge in [-0.05, 0) is 44.4 Å². The molecule has 170 valence electrons. The van der Waals surface area contributed by atoms with Gasteiger partial charge in [-0.2, -0.15) is 13.2 Å². The van der Waals surface area contributed by atoms with Crippen molar-refractivity contribution in [3.8, 4) is 0 Å². The standard InChI is InChI=1S/C21H21ClF3N5O2/c1-20(5-7-30(11-20)17-15(22)9-14(10-27-17)21(23,24)25)29-19(32)13-4-6-26-16(8-13)28-18(31)12-2-3-12/h4,6,8-10,12H,2-3,5,7,11H2,1H3,(H,29,32)(H,26,28,31). The SMILES string of the molecule is CC1(NC(=O)c2ccnc(NC(=O)C3CC3)c2)CCN(c2ncc(C(F)(F)F)cc2Cl)C1. The van der Waals surface area contributed by atoms with Gasteiger partial charge in [-0.15, -0.1) is 0 Å². The molecule has 2 N–H and O–H groups in total. The molecule has 2 fully saturated rings. The smallest absolute Gasteiger partial charge is 0.353 e. The van der Waals surface area contributed by atoms with Crippen molar-refractivity contribution in [2.75, 3.05) is 23.3 Å². The Balaban J connectivity index is 1.42. The third-order valence-electron chi connectivity index (χ3n) is 5.56. The average molecular weight is 468 g/mol. The van der Waals surface area contributed by atoms with Crippen LogP contribution in [0.2, 0.25) is 5.02 Å². The fourth-order valence-corrected chi connectivity index (χ4v) is 3.91. The number of alkyl halides is 3. The zero-order chi connectivity index (χ0) is 23.1. The third-order valence-corrected chi connectivity index (χ3v) is 5.84. The van der Waals surface area contributed by atoms with E-state index in [-0.39, 0.29) is 28.6 Å². The largest absolute Gasteiger partial charge is 0.417 e. The molecule has 0 bridgehead atoms. The molecule has 2 aromatic rings. The molecule has 1 saturated heterocycles. The van der Waals surface area contributed by atoms with E-state index in [4.69, 9.17) is 11.6 Å². The molecule has 11 heteroatoms. The number of nitrogens with zero attached hydrogens (tertiary/aromatic N) is 3. The number of anilines is 2. The summed E-state index contributed by atoms with van der Waals surface area (Å²) in [7, 11) is 0. The Kier molecular flexibility index (Phi) is 5.74. The second-order valence-corrected chi connectivity index (χ2v) is 8.81. The molecule has 7 nitrogen and oxygen atoms in total. The van der Waals surface area contributed by atoms with Crippen molar-refractivity contribution in [1.29, 1.82) is 0 Å². The van der Waals surface area contributed by atoms with E-state index < -0.39 is 17.3 Å². The first-order valence-corrected chi connectivity index (χ1v) is 10.5. The monoisotopic (exact) mass is 467 g/mol. The molecule has 4 rings (SSSR count). The fourth-order valence-electron chi connectivity index (χ4n) is 3.62. The zero-order valence-electron chi connectivity index (χ0n) is 17.2. The van der Waals surface area contributed by atoms with Gasteiger partial charge in [0.2, 0.25) is 5.91 Å². The number of hydrogen-bond acceptors (Lipinski definition) is 5. The van der Waals surface area contributed by atoms with Crippen LogP contribution in [0.25, 0.3) is 0 Å². The molecular formula is C21H21ClF3N5O2. The van der Waals surface area contributed by atoms with Crippen LogP contribution in [-0.2, 0) is 11.0 Å². The van der Waals surface area contributed by atoms with Gasteiger partial charge in [0, 0.05) is 37.0 Å². The van der Waals surface area contributed by atoms with Crippen molar-refractivity contribution < 1.29 is 22.8 Å². The molecule has 2 aromatic heterocycles. The van der Waals surface area contributed by atoms with Crippen LogP contribution in [-0.4, -0.2) is 40.4 Å². The Bertz CT molecular complexity index is 1060. The summed E-state index contributed by atoms with van der Waals surface area (Å²) < 4.78 is 38.6. The summed E-state index contributed by atoms with van der Waals surface area (Å²) in [5, 5.41) is 5.58. The van der Waals surface area contributed by atoms with E-state index in [1.165, 1.54) is 12.3 Å². The van der Waals surface area contributed by atoms with E-state index in [0.717, 1.165) is 25.1 Å². The van der Waals surface area contributed by atoms with Gasteiger partial charge in [-0.25, -0.2) is 9.97 Å². The quantitative estimate of drug-likeness (QED) is 0.696. The van der Waals surface area contributed by atoms with Gasteiger partial charge in [0.15, 0.2) is 0 Å². The molecule has 1 unspecified atom stereocenters. The molecule has 3 heterocycles. The predicted molar refractivity (Wildman–Crippen MR) is 113 cm³/mol. The second kappa shape index (κ2) is 8.23. The Morgan fingerprint density at radius 3 is 2.66 bits per heavy atom. The van der Waals surface area contributed by atoms with Crippen LogP contribution in [0.5, 0.6) is 0 Å². The maximum absolute atomic E-state index is 12.9. The lowest BCUT2D eigenvalue weighted by Gasteiger charge is -2.27. The summed E-state index contributed by atoms with van der Waals surface area (Å²) in [5.41, 5.74) is -1.22. The summed E-state index contributed by atoms with van der Waals surface area (Å²) >= 11 is 6.06. The lowest BCUT2D eigenvalue weighted by Crippen LogP contribution is -2.48. The van der Waals surface area contributed by atoms with Gasteiger partial charge in [0.05, 0.1) is 16.1 Å². The molecular weight excluding hydrogens is 447 g/mol. The number of rotatable bonds is 5. The molecule has 0 radical (unpaired) electrons. The van der Waals surface area contributed by atoms with Gasteiger partial charge in [0.25, 0.3) is 5.91 Å². The average Bonchev–Trinajstić information content (AvgIpc) is 3.50. The molecule has 1 aliphatic carbocycles. The normalized spacial score (nSPS) is 20.8. The first-order valence-electron chi connectivity index (χ1n) is 10.1. The van der Waals surface area contributed by atoms with Crippen LogP contribution in [0.1, 0.15) is 42.1 Å². The van der Waals surface area contributed by atoms with Crippen LogP contribution >= 0.6 is 11.6 Å². The fraction of sp³-hybridized carbons (Fsp3) is 0.429. The molecule has 1 saturated carbocycles. The summed E-state index contributed by atoms with van der Waals surface area (Å²) in [4.78, 5) is 34.5. The Labute approximate surface area is 187 Å². The van der Waals surface area contributed by atoms with E-state index in [9.17, 15) is 22.8 Å². The first kappa shape index (κ1) is 22.3. The maximum atomic E-state index is 12.9. The lowest BCUT2D eigenvalue weighted by molar-refractivity contribution is -0.137. The van der Waals surface area contributed by atoms with Crippen molar-refractivity contribution in [2.45, 2.75) is 37.9 Å². The summed E-state index contributed by atoms with van der Waals surface area (Å²) in [5.74, 6) is 0.128. The van der Waals surface area contributed by atoms with Crippen LogP contribution in [0.4, 0.5) is 24.8 Å². The van der Waals surface area contributed by atoms with Gasteiger partial charge in [0.1, 0.15) is 11.6 Å². The minimum Gasteiger partial charge on any atom is -0.353 e. The van der Waals surface area contributed by atoms with E-state index in [2.05, 4.69) is 20.6 Å². The van der Waals surface area contributed by atoms with Crippen molar-refractivity contribution in [1.82, 2.24) is 15.3 Å². The molecule has 32 heavy (non-hydrogen) atoms. The summed E-state index contributed by atoms with van der Waals surface area (Å²) in [6.07, 6.45) is -0.0495. The minimum atomic E-state index is -4.52. The predicted octanol–water partition coefficient (Wildman–Crippen LogP) is 3.90. The molecule has 0 aromatic carbocycles. The van der Waals surface area contributed by atoms with Crippen LogP contribution in [0.3, 0.4) is 0 Å². The van der Waals surface area contributed by atoms with Crippen molar-refractivity contribution >= 4 is 35.1 Å². The van der Waals surface area contributed by atoms with Gasteiger partial charge in [-0.1, -0.05) is 11.6 Å². The number of pyridine rings is 2. The second-order valence-electron chi connectivity index (χ2n) is 8.41. The number of nitrogens with one attached hydrogen (secondary N) is 2. The first-order chi connectivity index (χ1) is 15.0. The Hall–Kier alpha value is -2.88. The number of carbonyl (C=O) groups is 2. The van der Waals surface area contributed by atoms with Crippen molar-refractivity contribution in [3.63, 3.8) is 0 Å².